The number of nitrogens with one attached hydrogen (secondary N) is 1. The quantitative estimate of drug-likeness (QED) is 0.906. The minimum Gasteiger partial charge on any atom is -0.298 e. The van der Waals surface area contributed by atoms with E-state index in [0.29, 0.717) is 10.9 Å². The smallest absolute Gasteiger partial charge is 0.276 e. The van der Waals surface area contributed by atoms with Gasteiger partial charge in [-0.05, 0) is 17.4 Å². The van der Waals surface area contributed by atoms with Crippen LogP contribution in [0.4, 0.5) is 0 Å². The predicted octanol–water partition coefficient (Wildman–Crippen LogP) is 1.58. The third-order valence-electron chi connectivity index (χ3n) is 3.89. The zero-order chi connectivity index (χ0) is 16.5. The minimum atomic E-state index is -0.338. The van der Waals surface area contributed by atoms with E-state index in [0.717, 1.165) is 21.9 Å². The molecular formula is C18H16N4OS. The summed E-state index contributed by atoms with van der Waals surface area (Å²) in [6.07, 6.45) is -0.338. The van der Waals surface area contributed by atoms with Gasteiger partial charge in [-0.25, -0.2) is 5.01 Å². The molecule has 2 aliphatic heterocycles. The van der Waals surface area contributed by atoms with Gasteiger partial charge in [0.2, 0.25) is 0 Å². The number of fused-ring (bicyclic) bond motifs is 2. The molecule has 120 valence electrons. The zero-order valence-corrected chi connectivity index (χ0v) is 14.0. The normalized spacial score (nSPS) is 19.0. The Morgan fingerprint density at radius 1 is 1.12 bits per heavy atom. The van der Waals surface area contributed by atoms with Gasteiger partial charge in [0.05, 0.1) is 5.36 Å². The van der Waals surface area contributed by atoms with Gasteiger partial charge in [-0.2, -0.15) is 0 Å². The lowest BCUT2D eigenvalue weighted by molar-refractivity contribution is -0.116. The molecule has 0 radical (unpaired) electrons. The predicted molar refractivity (Wildman–Crippen MR) is 95.4 cm³/mol. The summed E-state index contributed by atoms with van der Waals surface area (Å²) in [7, 11) is 0. The second kappa shape index (κ2) is 6.13. The summed E-state index contributed by atoms with van der Waals surface area (Å²) in [4.78, 5) is 17.6. The van der Waals surface area contributed by atoms with Crippen LogP contribution in [-0.4, -0.2) is 21.8 Å². The highest BCUT2D eigenvalue weighted by Crippen LogP contribution is 2.30. The Hall–Kier alpha value is -2.60. The van der Waals surface area contributed by atoms with Gasteiger partial charge < -0.3 is 0 Å². The van der Waals surface area contributed by atoms with Crippen molar-refractivity contribution in [3.05, 3.63) is 70.7 Å². The summed E-state index contributed by atoms with van der Waals surface area (Å²) in [5, 5.41) is 11.5. The van der Waals surface area contributed by atoms with E-state index in [1.165, 1.54) is 11.8 Å². The van der Waals surface area contributed by atoms with Crippen molar-refractivity contribution in [3.63, 3.8) is 0 Å². The molecule has 4 rings (SSSR count). The first-order valence-corrected chi connectivity index (χ1v) is 8.80. The van der Waals surface area contributed by atoms with Crippen molar-refractivity contribution >= 4 is 28.5 Å². The van der Waals surface area contributed by atoms with Crippen LogP contribution in [0.25, 0.3) is 5.70 Å². The molecular weight excluding hydrogens is 320 g/mol. The fraction of sp³-hybridized carbons (Fsp3) is 0.167. The maximum Gasteiger partial charge on any atom is 0.276 e. The molecule has 0 bridgehead atoms. The molecule has 0 unspecified atom stereocenters. The van der Waals surface area contributed by atoms with Gasteiger partial charge in [0.25, 0.3) is 5.91 Å². The molecule has 2 heterocycles. The molecule has 1 N–H and O–H groups in total. The van der Waals surface area contributed by atoms with Crippen molar-refractivity contribution in [3.8, 4) is 0 Å². The van der Waals surface area contributed by atoms with Gasteiger partial charge in [-0.15, -0.1) is 5.10 Å². The number of amides is 1. The summed E-state index contributed by atoms with van der Waals surface area (Å²) < 4.78 is 0. The number of amidine groups is 1. The molecule has 2 aromatic rings. The molecule has 1 amide bonds. The molecule has 0 saturated heterocycles. The monoisotopic (exact) mass is 336 g/mol. The van der Waals surface area contributed by atoms with Gasteiger partial charge in [0.15, 0.2) is 11.3 Å². The van der Waals surface area contributed by atoms with Crippen LogP contribution in [0.3, 0.4) is 0 Å². The SMILES string of the molecule is CCSC1=NN2C(=c3ccccc3=N[C@H]2c2ccccc2)C(=O)N1. The van der Waals surface area contributed by atoms with E-state index in [1.807, 2.05) is 61.5 Å². The van der Waals surface area contributed by atoms with Crippen LogP contribution in [-0.2, 0) is 4.79 Å². The number of carbonyl (C=O) groups is 1. The Morgan fingerprint density at radius 3 is 2.67 bits per heavy atom. The largest absolute Gasteiger partial charge is 0.298 e. The Morgan fingerprint density at radius 2 is 1.88 bits per heavy atom. The minimum absolute atomic E-state index is 0.135. The fourth-order valence-corrected chi connectivity index (χ4v) is 3.46. The topological polar surface area (TPSA) is 57.1 Å². The molecule has 2 aliphatic rings. The van der Waals surface area contributed by atoms with Crippen molar-refractivity contribution in [2.75, 3.05) is 5.75 Å². The van der Waals surface area contributed by atoms with Crippen LogP contribution >= 0.6 is 11.8 Å². The maximum atomic E-state index is 12.7. The Labute approximate surface area is 143 Å². The van der Waals surface area contributed by atoms with Gasteiger partial charge in [0, 0.05) is 5.22 Å². The molecule has 0 spiro atoms. The summed E-state index contributed by atoms with van der Waals surface area (Å²) in [6.45, 7) is 2.03. The standard InChI is InChI=1S/C18H16N4OS/c1-2-24-18-20-17(23)15-13-10-6-7-11-14(13)19-16(22(15)21-18)12-8-4-3-5-9-12/h3-11,16H,2H2,1H3,(H,20,21,23)/t16-/m1/s1. The number of nitrogens with zero attached hydrogens (tertiary/aromatic N) is 3. The van der Waals surface area contributed by atoms with E-state index in [4.69, 9.17) is 4.99 Å². The van der Waals surface area contributed by atoms with Crippen molar-refractivity contribution in [1.82, 2.24) is 10.3 Å². The van der Waals surface area contributed by atoms with Crippen molar-refractivity contribution in [1.29, 1.82) is 0 Å². The zero-order valence-electron chi connectivity index (χ0n) is 13.1. The van der Waals surface area contributed by atoms with Crippen LogP contribution < -0.4 is 15.9 Å². The van der Waals surface area contributed by atoms with E-state index in [2.05, 4.69) is 10.4 Å². The van der Waals surface area contributed by atoms with Crippen molar-refractivity contribution in [2.24, 2.45) is 10.1 Å². The first kappa shape index (κ1) is 15.0. The highest BCUT2D eigenvalue weighted by molar-refractivity contribution is 8.13. The third-order valence-corrected chi connectivity index (χ3v) is 4.64. The number of thioether (sulfide) groups is 1. The maximum absolute atomic E-state index is 12.7. The van der Waals surface area contributed by atoms with Crippen molar-refractivity contribution in [2.45, 2.75) is 13.1 Å². The van der Waals surface area contributed by atoms with E-state index in [1.54, 1.807) is 5.01 Å². The number of rotatable bonds is 2. The Balaban J connectivity index is 1.96. The van der Waals surface area contributed by atoms with Crippen LogP contribution in [0.5, 0.6) is 0 Å². The number of hydrazone groups is 1. The molecule has 24 heavy (non-hydrogen) atoms. The lowest BCUT2D eigenvalue weighted by atomic mass is 10.1. The Kier molecular flexibility index (Phi) is 3.82. The lowest BCUT2D eigenvalue weighted by Crippen LogP contribution is -2.50. The summed E-state index contributed by atoms with van der Waals surface area (Å²) in [5.74, 6) is 0.704. The number of benzene rings is 2. The number of hydrogen-bond acceptors (Lipinski definition) is 5. The summed E-state index contributed by atoms with van der Waals surface area (Å²) in [5.41, 5.74) is 1.55. The van der Waals surface area contributed by atoms with Crippen LogP contribution in [0.15, 0.2) is 64.7 Å². The number of carbonyl (C=O) groups excluding carboxylic acids is 1. The fourth-order valence-electron chi connectivity index (χ4n) is 2.87. The van der Waals surface area contributed by atoms with E-state index in [-0.39, 0.29) is 12.1 Å². The second-order valence-corrected chi connectivity index (χ2v) is 6.67. The van der Waals surface area contributed by atoms with E-state index in [9.17, 15) is 4.79 Å². The Bertz CT molecular complexity index is 939. The first-order valence-electron chi connectivity index (χ1n) is 7.82. The van der Waals surface area contributed by atoms with Crippen molar-refractivity contribution < 1.29 is 4.79 Å². The lowest BCUT2D eigenvalue weighted by Gasteiger charge is -2.34. The average Bonchev–Trinajstić information content (AvgIpc) is 2.62. The van der Waals surface area contributed by atoms with Gasteiger partial charge in [-0.3, -0.25) is 15.1 Å². The average molecular weight is 336 g/mol. The molecule has 2 aromatic carbocycles. The van der Waals surface area contributed by atoms with Gasteiger partial charge >= 0.3 is 0 Å². The van der Waals surface area contributed by atoms with E-state index >= 15 is 0 Å². The molecule has 0 aliphatic carbocycles. The van der Waals surface area contributed by atoms with Crippen LogP contribution in [0.2, 0.25) is 0 Å². The van der Waals surface area contributed by atoms with Gasteiger partial charge in [-0.1, -0.05) is 67.2 Å². The molecule has 0 fully saturated rings. The number of hydrogen-bond donors (Lipinski definition) is 1. The van der Waals surface area contributed by atoms with E-state index < -0.39 is 0 Å². The summed E-state index contributed by atoms with van der Waals surface area (Å²) in [6, 6.07) is 17.6. The third kappa shape index (κ3) is 2.49. The van der Waals surface area contributed by atoms with Crippen LogP contribution in [0, 0.1) is 0 Å². The molecule has 0 saturated carbocycles. The summed E-state index contributed by atoms with van der Waals surface area (Å²) >= 11 is 1.51. The molecule has 0 aromatic heterocycles. The van der Waals surface area contributed by atoms with Crippen LogP contribution in [0.1, 0.15) is 18.7 Å². The molecule has 6 heteroatoms. The first-order chi connectivity index (χ1) is 11.8. The number of para-hydroxylation sites is 1. The highest BCUT2D eigenvalue weighted by atomic mass is 32.2. The molecule has 1 atom stereocenters. The molecule has 5 nitrogen and oxygen atoms in total. The second-order valence-electron chi connectivity index (χ2n) is 5.42. The highest BCUT2D eigenvalue weighted by Gasteiger charge is 2.34. The van der Waals surface area contributed by atoms with Gasteiger partial charge in [0.1, 0.15) is 5.70 Å².